The van der Waals surface area contributed by atoms with Gasteiger partial charge in [0, 0.05) is 20.2 Å². The summed E-state index contributed by atoms with van der Waals surface area (Å²) < 4.78 is 17.8. The third-order valence-electron chi connectivity index (χ3n) is 8.58. The summed E-state index contributed by atoms with van der Waals surface area (Å²) in [7, 11) is -1.43. The predicted molar refractivity (Wildman–Crippen MR) is 176 cm³/mol. The number of carbonyl (C=O) groups is 3. The van der Waals surface area contributed by atoms with Gasteiger partial charge in [-0.15, -0.1) is 0 Å². The van der Waals surface area contributed by atoms with E-state index in [0.717, 1.165) is 41.5 Å². The van der Waals surface area contributed by atoms with Crippen molar-refractivity contribution in [3.05, 3.63) is 83.9 Å². The van der Waals surface area contributed by atoms with E-state index in [1.54, 1.807) is 11.0 Å². The van der Waals surface area contributed by atoms with Crippen molar-refractivity contribution in [2.75, 3.05) is 13.2 Å². The number of amides is 2. The van der Waals surface area contributed by atoms with E-state index >= 15 is 0 Å². The van der Waals surface area contributed by atoms with Crippen molar-refractivity contribution in [2.45, 2.75) is 88.9 Å². The van der Waals surface area contributed by atoms with Crippen LogP contribution in [0.3, 0.4) is 0 Å². The molecule has 45 heavy (non-hydrogen) atoms. The van der Waals surface area contributed by atoms with Gasteiger partial charge in [-0.3, -0.25) is 9.79 Å². The molecule has 4 aliphatic rings. The molecule has 1 saturated heterocycles. The number of ether oxygens (including phenoxy) is 3. The monoisotopic (exact) mass is 631 g/mol. The molecule has 0 spiro atoms. The number of dihydropyridines is 1. The van der Waals surface area contributed by atoms with E-state index in [-0.39, 0.29) is 24.4 Å². The molecule has 1 N–H and O–H groups in total. The number of rotatable bonds is 8. The Balaban J connectivity index is 1.49. The van der Waals surface area contributed by atoms with Crippen LogP contribution in [-0.2, 0) is 23.8 Å². The lowest BCUT2D eigenvalue weighted by Crippen LogP contribution is -2.52. The molecule has 3 heterocycles. The second-order valence-corrected chi connectivity index (χ2v) is 19.0. The Morgan fingerprint density at radius 1 is 1.16 bits per heavy atom. The summed E-state index contributed by atoms with van der Waals surface area (Å²) >= 11 is 0. The maximum absolute atomic E-state index is 14.0. The summed E-state index contributed by atoms with van der Waals surface area (Å²) in [5, 5.41) is 2.74. The Morgan fingerprint density at radius 3 is 2.71 bits per heavy atom. The highest BCUT2D eigenvalue weighted by Gasteiger charge is 2.45. The van der Waals surface area contributed by atoms with Gasteiger partial charge < -0.3 is 24.4 Å². The number of cyclic esters (lactones) is 1. The summed E-state index contributed by atoms with van der Waals surface area (Å²) in [6.07, 6.45) is 12.8. The van der Waals surface area contributed by atoms with Gasteiger partial charge in [-0.25, -0.2) is 9.59 Å². The predicted octanol–water partition coefficient (Wildman–Crippen LogP) is 6.25. The van der Waals surface area contributed by atoms with E-state index in [0.29, 0.717) is 25.9 Å². The van der Waals surface area contributed by atoms with Crippen LogP contribution in [-0.4, -0.2) is 68.0 Å². The zero-order valence-corrected chi connectivity index (χ0v) is 27.7. The molecular weight excluding hydrogens is 586 g/mol. The number of hydrogen-bond donors (Lipinski definition) is 1. The highest BCUT2D eigenvalue weighted by atomic mass is 28.3. The van der Waals surface area contributed by atoms with E-state index in [1.807, 2.05) is 43.4 Å². The Bertz CT molecular complexity index is 1410. The number of esters is 1. The zero-order valence-electron chi connectivity index (χ0n) is 26.7. The highest BCUT2D eigenvalue weighted by molar-refractivity contribution is 6.76. The summed E-state index contributed by atoms with van der Waals surface area (Å²) in [5.41, 5.74) is 3.02. The van der Waals surface area contributed by atoms with Crippen LogP contribution in [0.5, 0.6) is 0 Å². The molecule has 1 fully saturated rings. The first kappa shape index (κ1) is 32.5. The fourth-order valence-electron chi connectivity index (χ4n) is 6.03. The van der Waals surface area contributed by atoms with Crippen LogP contribution in [0.15, 0.2) is 83.3 Å². The molecule has 2 unspecified atom stereocenters. The number of nitrogens with zero attached hydrogens (tertiary/aromatic N) is 2. The lowest BCUT2D eigenvalue weighted by molar-refractivity contribution is -0.153. The standard InChI is InChI=1S/C35H45N3O6Si/c1-5-6-14-29-33(39)38-23-26(21-31(38)34(40)42-18-19-45(2,3)4)44-32-22-30(25-12-8-7-9-13-25)36-28-16-15-24(20-27(28)32)11-10-17-43-35(41)37-29/h7-13,15-17,22,26-27,29-31H,5-6,14,18-21,23H2,1-4H3,(H,37,41)/t26-,27?,29+,30?,31+/m1/s1. The van der Waals surface area contributed by atoms with Gasteiger partial charge in [-0.1, -0.05) is 81.9 Å². The van der Waals surface area contributed by atoms with Crippen LogP contribution in [0.2, 0.25) is 25.7 Å². The summed E-state index contributed by atoms with van der Waals surface area (Å²) in [4.78, 5) is 46.9. The number of unbranched alkanes of at least 4 members (excludes halogenated alkanes) is 1. The van der Waals surface area contributed by atoms with Crippen molar-refractivity contribution < 1.29 is 28.6 Å². The maximum Gasteiger partial charge on any atom is 0.412 e. The zero-order chi connectivity index (χ0) is 32.0. The lowest BCUT2D eigenvalue weighted by Gasteiger charge is -2.32. The van der Waals surface area contributed by atoms with Crippen molar-refractivity contribution >= 4 is 31.8 Å². The minimum atomic E-state index is -1.43. The molecule has 0 saturated carbocycles. The SMILES string of the molecule is CCCC[C@@H]1NC(=O)OC=CC=C2C=CC3=NC(c4ccccc4)C=C(O[C@@H]4C[C@@H](C(=O)OCC[Si](C)(C)C)N(C4)C1=O)C3C2. The molecule has 0 radical (unpaired) electrons. The Kier molecular flexibility index (Phi) is 10.4. The maximum atomic E-state index is 14.0. The molecule has 1 aromatic rings. The molecule has 1 aromatic carbocycles. The number of benzene rings is 1. The van der Waals surface area contributed by atoms with Gasteiger partial charge in [-0.2, -0.15) is 0 Å². The Labute approximate surface area is 267 Å². The molecule has 5 rings (SSSR count). The highest BCUT2D eigenvalue weighted by Crippen LogP contribution is 2.38. The first-order valence-corrected chi connectivity index (χ1v) is 19.8. The smallest absolute Gasteiger partial charge is 0.412 e. The van der Waals surface area contributed by atoms with E-state index < -0.39 is 38.3 Å². The van der Waals surface area contributed by atoms with Gasteiger partial charge in [0.25, 0.3) is 0 Å². The molecule has 4 bridgehead atoms. The average Bonchev–Trinajstić information content (AvgIpc) is 3.44. The van der Waals surface area contributed by atoms with Crippen molar-refractivity contribution in [3.8, 4) is 0 Å². The van der Waals surface area contributed by atoms with Gasteiger partial charge in [0.15, 0.2) is 0 Å². The number of nitrogens with one attached hydrogen (secondary N) is 1. The van der Waals surface area contributed by atoms with E-state index in [1.165, 1.54) is 6.26 Å². The van der Waals surface area contributed by atoms with Crippen LogP contribution in [0.25, 0.3) is 0 Å². The lowest BCUT2D eigenvalue weighted by atomic mass is 9.84. The van der Waals surface area contributed by atoms with Crippen LogP contribution < -0.4 is 5.32 Å². The Hall–Kier alpha value is -3.92. The van der Waals surface area contributed by atoms with Crippen molar-refractivity contribution in [1.82, 2.24) is 10.2 Å². The topological polar surface area (TPSA) is 107 Å². The van der Waals surface area contributed by atoms with E-state index in [9.17, 15) is 14.4 Å². The minimum absolute atomic E-state index is 0.115. The fourth-order valence-corrected chi connectivity index (χ4v) is 6.75. The van der Waals surface area contributed by atoms with Crippen LogP contribution >= 0.6 is 0 Å². The number of allylic oxidation sites excluding steroid dienone is 6. The van der Waals surface area contributed by atoms with Gasteiger partial charge in [0.2, 0.25) is 5.91 Å². The van der Waals surface area contributed by atoms with Gasteiger partial charge in [-0.05, 0) is 48.3 Å². The van der Waals surface area contributed by atoms with Crippen LogP contribution in [0.1, 0.15) is 50.6 Å². The number of aliphatic imine (C=N–C) groups is 1. The molecule has 3 aliphatic heterocycles. The van der Waals surface area contributed by atoms with Crippen LogP contribution in [0.4, 0.5) is 4.79 Å². The number of fused-ring (bicyclic) bond motifs is 3. The first-order chi connectivity index (χ1) is 21.6. The van der Waals surface area contributed by atoms with Gasteiger partial charge >= 0.3 is 12.1 Å². The molecule has 5 atom stereocenters. The van der Waals surface area contributed by atoms with E-state index in [2.05, 4.69) is 43.2 Å². The van der Waals surface area contributed by atoms with Gasteiger partial charge in [0.05, 0.1) is 31.4 Å². The number of hydrogen-bond acceptors (Lipinski definition) is 7. The number of alkyl carbamates (subject to hydrolysis) is 1. The third kappa shape index (κ3) is 8.42. The first-order valence-electron chi connectivity index (χ1n) is 16.1. The largest absolute Gasteiger partial charge is 0.492 e. The second-order valence-electron chi connectivity index (χ2n) is 13.3. The molecule has 10 heteroatoms. The second kappa shape index (κ2) is 14.5. The summed E-state index contributed by atoms with van der Waals surface area (Å²) in [6.45, 7) is 9.23. The quantitative estimate of drug-likeness (QED) is 0.269. The van der Waals surface area contributed by atoms with E-state index in [4.69, 9.17) is 19.2 Å². The fraction of sp³-hybridized carbons (Fsp3) is 0.486. The van der Waals surface area contributed by atoms with Gasteiger partial charge in [0.1, 0.15) is 23.9 Å². The molecular formula is C35H45N3O6Si. The van der Waals surface area contributed by atoms with Crippen molar-refractivity contribution in [1.29, 1.82) is 0 Å². The average molecular weight is 632 g/mol. The molecule has 0 aromatic heterocycles. The third-order valence-corrected chi connectivity index (χ3v) is 10.3. The number of carbonyl (C=O) groups excluding carboxylic acids is 3. The summed E-state index contributed by atoms with van der Waals surface area (Å²) in [6, 6.07) is 9.05. The van der Waals surface area contributed by atoms with Crippen molar-refractivity contribution in [3.63, 3.8) is 0 Å². The Morgan fingerprint density at radius 2 is 1.96 bits per heavy atom. The molecule has 2 amide bonds. The minimum Gasteiger partial charge on any atom is -0.492 e. The molecule has 240 valence electrons. The normalized spacial score (nSPS) is 26.6. The van der Waals surface area contributed by atoms with Crippen molar-refractivity contribution in [2.24, 2.45) is 10.9 Å². The molecule has 9 nitrogen and oxygen atoms in total. The molecule has 1 aliphatic carbocycles. The van der Waals surface area contributed by atoms with Crippen LogP contribution in [0, 0.1) is 5.92 Å². The summed E-state index contributed by atoms with van der Waals surface area (Å²) in [5.74, 6) is -0.0916.